The van der Waals surface area contributed by atoms with Crippen LogP contribution in [0.1, 0.15) is 24.0 Å². The lowest BCUT2D eigenvalue weighted by atomic mass is 9.97. The van der Waals surface area contributed by atoms with E-state index in [-0.39, 0.29) is 11.8 Å². The molecule has 2 heterocycles. The molecule has 4 rings (SSSR count). The maximum atomic E-state index is 12.7. The van der Waals surface area contributed by atoms with Gasteiger partial charge in [-0.3, -0.25) is 4.79 Å². The van der Waals surface area contributed by atoms with Crippen molar-refractivity contribution in [3.05, 3.63) is 71.8 Å². The van der Waals surface area contributed by atoms with Crippen molar-refractivity contribution in [3.63, 3.8) is 0 Å². The minimum absolute atomic E-state index is 0.0504. The molecule has 1 fully saturated rings. The molecule has 160 valence electrons. The first-order valence-electron chi connectivity index (χ1n) is 10.7. The van der Waals surface area contributed by atoms with Crippen LogP contribution in [-0.2, 0) is 11.3 Å². The summed E-state index contributed by atoms with van der Waals surface area (Å²) in [6.45, 7) is 4.14. The summed E-state index contributed by atoms with van der Waals surface area (Å²) in [4.78, 5) is 14.9. The van der Waals surface area contributed by atoms with E-state index >= 15 is 0 Å². The van der Waals surface area contributed by atoms with E-state index in [2.05, 4.69) is 51.6 Å². The van der Waals surface area contributed by atoms with Gasteiger partial charge in [-0.2, -0.15) is 0 Å². The number of rotatable bonds is 6. The third-order valence-electron chi connectivity index (χ3n) is 5.74. The van der Waals surface area contributed by atoms with Crippen molar-refractivity contribution in [2.24, 2.45) is 5.92 Å². The molecule has 1 aliphatic rings. The second-order valence-corrected chi connectivity index (χ2v) is 7.99. The maximum absolute atomic E-state index is 12.7. The van der Waals surface area contributed by atoms with Gasteiger partial charge in [-0.25, -0.2) is 0 Å². The van der Waals surface area contributed by atoms with Gasteiger partial charge < -0.3 is 15.0 Å². The highest BCUT2D eigenvalue weighted by Gasteiger charge is 2.26. The molecule has 6 heteroatoms. The third kappa shape index (κ3) is 5.20. The lowest BCUT2D eigenvalue weighted by Gasteiger charge is -2.32. The molecule has 2 aromatic carbocycles. The predicted octanol–water partition coefficient (Wildman–Crippen LogP) is 3.99. The monoisotopic (exact) mass is 416 g/mol. The van der Waals surface area contributed by atoms with E-state index in [0.29, 0.717) is 13.1 Å². The fraction of sp³-hybridized carbons (Fsp3) is 0.320. The summed E-state index contributed by atoms with van der Waals surface area (Å²) in [5.41, 5.74) is 4.19. The first-order valence-corrected chi connectivity index (χ1v) is 10.7. The van der Waals surface area contributed by atoms with Crippen LogP contribution >= 0.6 is 0 Å². The highest BCUT2D eigenvalue weighted by Crippen LogP contribution is 2.24. The summed E-state index contributed by atoms with van der Waals surface area (Å²) in [6, 6.07) is 20.0. The molecule has 6 nitrogen and oxygen atoms in total. The Balaban J connectivity index is 1.35. The fourth-order valence-corrected chi connectivity index (χ4v) is 3.85. The second-order valence-electron chi connectivity index (χ2n) is 7.99. The number of aryl methyl sites for hydroxylation is 1. The smallest absolute Gasteiger partial charge is 0.225 e. The van der Waals surface area contributed by atoms with Crippen molar-refractivity contribution in [1.82, 2.24) is 15.5 Å². The van der Waals surface area contributed by atoms with Crippen LogP contribution in [0.2, 0.25) is 0 Å². The summed E-state index contributed by atoms with van der Waals surface area (Å²) in [5, 5.41) is 11.9. The second kappa shape index (κ2) is 9.60. The van der Waals surface area contributed by atoms with Gasteiger partial charge in [0, 0.05) is 25.2 Å². The van der Waals surface area contributed by atoms with E-state index in [1.807, 2.05) is 36.4 Å². The Morgan fingerprint density at radius 1 is 1.06 bits per heavy atom. The summed E-state index contributed by atoms with van der Waals surface area (Å²) in [7, 11) is 1.64. The van der Waals surface area contributed by atoms with E-state index in [9.17, 15) is 4.79 Å². The van der Waals surface area contributed by atoms with Gasteiger partial charge in [-0.1, -0.05) is 42.0 Å². The minimum atomic E-state index is -0.0504. The van der Waals surface area contributed by atoms with Crippen LogP contribution in [0, 0.1) is 12.8 Å². The molecule has 0 spiro atoms. The zero-order chi connectivity index (χ0) is 21.6. The molecular formula is C25H28N4O2. The molecule has 1 aromatic heterocycles. The van der Waals surface area contributed by atoms with Gasteiger partial charge >= 0.3 is 0 Å². The number of hydrogen-bond donors (Lipinski definition) is 1. The fourth-order valence-electron chi connectivity index (χ4n) is 3.85. The van der Waals surface area contributed by atoms with Crippen molar-refractivity contribution < 1.29 is 9.53 Å². The first-order chi connectivity index (χ1) is 15.1. The van der Waals surface area contributed by atoms with Crippen molar-refractivity contribution in [2.75, 3.05) is 25.1 Å². The molecule has 1 N–H and O–H groups in total. The standard InChI is InChI=1S/C25H28N4O2/c1-18-5-9-20(10-6-18)23-13-14-24(28-27-23)29-15-3-4-21(17-29)25(30)26-16-19-7-11-22(31-2)12-8-19/h5-14,21H,3-4,15-17H2,1-2H3,(H,26,30)/t21-/m0/s1. The largest absolute Gasteiger partial charge is 0.497 e. The zero-order valence-electron chi connectivity index (χ0n) is 18.0. The number of aromatic nitrogens is 2. The molecule has 1 atom stereocenters. The molecule has 0 saturated carbocycles. The molecule has 0 aliphatic carbocycles. The average Bonchev–Trinajstić information content (AvgIpc) is 2.83. The van der Waals surface area contributed by atoms with Crippen LogP contribution < -0.4 is 15.0 Å². The van der Waals surface area contributed by atoms with Gasteiger partial charge in [-0.15, -0.1) is 10.2 Å². The summed E-state index contributed by atoms with van der Waals surface area (Å²) < 4.78 is 5.18. The van der Waals surface area contributed by atoms with E-state index < -0.39 is 0 Å². The number of benzene rings is 2. The minimum Gasteiger partial charge on any atom is -0.497 e. The van der Waals surface area contributed by atoms with Gasteiger partial charge in [0.05, 0.1) is 18.7 Å². The summed E-state index contributed by atoms with van der Waals surface area (Å²) in [5.74, 6) is 1.67. The highest BCUT2D eigenvalue weighted by molar-refractivity contribution is 5.79. The number of methoxy groups -OCH3 is 1. The Bertz CT molecular complexity index is 1000. The Morgan fingerprint density at radius 3 is 2.52 bits per heavy atom. The molecular weight excluding hydrogens is 388 g/mol. The van der Waals surface area contributed by atoms with Crippen molar-refractivity contribution in [3.8, 4) is 17.0 Å². The normalized spacial score (nSPS) is 16.1. The van der Waals surface area contributed by atoms with Crippen molar-refractivity contribution >= 4 is 11.7 Å². The van der Waals surface area contributed by atoms with E-state index in [0.717, 1.165) is 47.8 Å². The summed E-state index contributed by atoms with van der Waals surface area (Å²) >= 11 is 0. The summed E-state index contributed by atoms with van der Waals surface area (Å²) in [6.07, 6.45) is 1.85. The quantitative estimate of drug-likeness (QED) is 0.658. The molecule has 0 unspecified atom stereocenters. The number of hydrogen-bond acceptors (Lipinski definition) is 5. The van der Waals surface area contributed by atoms with Gasteiger partial charge in [0.2, 0.25) is 5.91 Å². The third-order valence-corrected chi connectivity index (χ3v) is 5.74. The van der Waals surface area contributed by atoms with Crippen LogP contribution in [0.5, 0.6) is 5.75 Å². The predicted molar refractivity (Wildman–Crippen MR) is 122 cm³/mol. The molecule has 1 amide bonds. The van der Waals surface area contributed by atoms with E-state index in [1.165, 1.54) is 5.56 Å². The van der Waals surface area contributed by atoms with Crippen LogP contribution in [0.15, 0.2) is 60.7 Å². The molecule has 31 heavy (non-hydrogen) atoms. The first kappa shape index (κ1) is 20.8. The number of nitrogens with zero attached hydrogens (tertiary/aromatic N) is 3. The number of anilines is 1. The average molecular weight is 417 g/mol. The number of piperidine rings is 1. The molecule has 1 saturated heterocycles. The Morgan fingerprint density at radius 2 is 1.84 bits per heavy atom. The van der Waals surface area contributed by atoms with E-state index in [4.69, 9.17) is 4.74 Å². The molecule has 3 aromatic rings. The van der Waals surface area contributed by atoms with Crippen LogP contribution in [-0.4, -0.2) is 36.3 Å². The molecule has 1 aliphatic heterocycles. The SMILES string of the molecule is COc1ccc(CNC(=O)[C@H]2CCCN(c3ccc(-c4ccc(C)cc4)nn3)C2)cc1. The van der Waals surface area contributed by atoms with Crippen LogP contribution in [0.3, 0.4) is 0 Å². The van der Waals surface area contributed by atoms with Crippen LogP contribution in [0.4, 0.5) is 5.82 Å². The molecule has 0 bridgehead atoms. The van der Waals surface area contributed by atoms with Gasteiger partial charge in [0.15, 0.2) is 5.82 Å². The van der Waals surface area contributed by atoms with Crippen molar-refractivity contribution in [2.45, 2.75) is 26.3 Å². The molecule has 0 radical (unpaired) electrons. The van der Waals surface area contributed by atoms with Gasteiger partial charge in [-0.05, 0) is 49.6 Å². The van der Waals surface area contributed by atoms with E-state index in [1.54, 1.807) is 7.11 Å². The zero-order valence-corrected chi connectivity index (χ0v) is 18.0. The lowest BCUT2D eigenvalue weighted by Crippen LogP contribution is -2.43. The lowest BCUT2D eigenvalue weighted by molar-refractivity contribution is -0.125. The number of carbonyl (C=O) groups is 1. The Kier molecular flexibility index (Phi) is 6.46. The van der Waals surface area contributed by atoms with Crippen LogP contribution in [0.25, 0.3) is 11.3 Å². The topological polar surface area (TPSA) is 67.3 Å². The Hall–Kier alpha value is -3.41. The van der Waals surface area contributed by atoms with Gasteiger partial charge in [0.1, 0.15) is 5.75 Å². The van der Waals surface area contributed by atoms with Crippen molar-refractivity contribution in [1.29, 1.82) is 0 Å². The Labute approximate surface area is 183 Å². The van der Waals surface area contributed by atoms with Gasteiger partial charge in [0.25, 0.3) is 0 Å². The highest BCUT2D eigenvalue weighted by atomic mass is 16.5. The number of ether oxygens (including phenoxy) is 1. The number of nitrogens with one attached hydrogen (secondary N) is 1. The number of amides is 1. The number of carbonyl (C=O) groups excluding carboxylic acids is 1. The maximum Gasteiger partial charge on any atom is 0.225 e.